The first-order valence-corrected chi connectivity index (χ1v) is 11.6. The number of aryl methyl sites for hydroxylation is 3. The van der Waals surface area contributed by atoms with Gasteiger partial charge in [-0.25, -0.2) is 4.98 Å². The number of thiazole rings is 1. The van der Waals surface area contributed by atoms with Gasteiger partial charge in [-0.1, -0.05) is 42.5 Å². The van der Waals surface area contributed by atoms with E-state index in [1.807, 2.05) is 54.1 Å². The molecular formula is C28H20N2O2S. The van der Waals surface area contributed by atoms with Crippen molar-refractivity contribution in [3.8, 4) is 10.6 Å². The number of benzene rings is 3. The second-order valence-corrected chi connectivity index (χ2v) is 9.59. The summed E-state index contributed by atoms with van der Waals surface area (Å²) in [7, 11) is 1.92. The first-order chi connectivity index (χ1) is 15.9. The second kappa shape index (κ2) is 7.09. The lowest BCUT2D eigenvalue weighted by atomic mass is 10.0. The van der Waals surface area contributed by atoms with Crippen LogP contribution < -0.4 is 0 Å². The molecule has 0 unspecified atom stereocenters. The molecule has 0 atom stereocenters. The molecule has 0 spiro atoms. The van der Waals surface area contributed by atoms with Crippen LogP contribution in [0.4, 0.5) is 0 Å². The number of carbonyl (C=O) groups is 2. The molecule has 3 aromatic carbocycles. The summed E-state index contributed by atoms with van der Waals surface area (Å²) in [5.74, 6) is -0.427. The summed E-state index contributed by atoms with van der Waals surface area (Å²) in [6.45, 7) is 4.20. The number of fused-ring (bicyclic) bond motifs is 3. The molecule has 6 rings (SSSR count). The largest absolute Gasteiger partial charge is 0.328 e. The van der Waals surface area contributed by atoms with Crippen molar-refractivity contribution in [3.63, 3.8) is 0 Å². The fraction of sp³-hybridized carbons (Fsp3) is 0.107. The molecule has 160 valence electrons. The van der Waals surface area contributed by atoms with Gasteiger partial charge in [0.1, 0.15) is 5.01 Å². The van der Waals surface area contributed by atoms with E-state index in [9.17, 15) is 9.59 Å². The van der Waals surface area contributed by atoms with Gasteiger partial charge < -0.3 is 4.57 Å². The lowest BCUT2D eigenvalue weighted by molar-refractivity contribution is 0.0990. The molecule has 4 nitrogen and oxygen atoms in total. The fourth-order valence-electron chi connectivity index (χ4n) is 4.70. The molecule has 0 saturated carbocycles. The molecule has 0 saturated heterocycles. The first-order valence-electron chi connectivity index (χ1n) is 10.8. The van der Waals surface area contributed by atoms with E-state index in [2.05, 4.69) is 32.0 Å². The molecule has 0 amide bonds. The monoisotopic (exact) mass is 448 g/mol. The maximum Gasteiger partial charge on any atom is 0.197 e. The lowest BCUT2D eigenvalue weighted by Crippen LogP contribution is -2.02. The Hall–Kier alpha value is -3.83. The Labute approximate surface area is 194 Å². The number of Topliss-reactive ketones (excluding diaryl/α,β-unsaturated/α-hetero) is 2. The van der Waals surface area contributed by atoms with Crippen LogP contribution in [0.3, 0.4) is 0 Å². The van der Waals surface area contributed by atoms with Crippen LogP contribution in [0, 0.1) is 13.8 Å². The number of ketones is 2. The van der Waals surface area contributed by atoms with Crippen molar-refractivity contribution in [1.82, 2.24) is 9.55 Å². The summed E-state index contributed by atoms with van der Waals surface area (Å²) < 4.78 is 2.99. The molecular weight excluding hydrogens is 428 g/mol. The molecule has 0 aliphatic heterocycles. The number of carbonyl (C=O) groups excluding carboxylic acids is 2. The van der Waals surface area contributed by atoms with Gasteiger partial charge in [0.25, 0.3) is 0 Å². The van der Waals surface area contributed by atoms with Crippen LogP contribution in [0.25, 0.3) is 37.8 Å². The molecule has 1 aliphatic carbocycles. The van der Waals surface area contributed by atoms with Crippen molar-refractivity contribution in [3.05, 3.63) is 94.2 Å². The molecule has 1 aliphatic rings. The van der Waals surface area contributed by atoms with E-state index in [0.717, 1.165) is 31.8 Å². The SMILES string of the molecule is Cc1cccc(C)c1-c1nc2c(cc(C=C3C(=O)c4cc5ccccc5cc4C3=O)n2C)s1. The maximum absolute atomic E-state index is 13.1. The highest BCUT2D eigenvalue weighted by atomic mass is 32.1. The van der Waals surface area contributed by atoms with Crippen LogP contribution in [0.15, 0.2) is 66.2 Å². The number of aromatic nitrogens is 2. The highest BCUT2D eigenvalue weighted by molar-refractivity contribution is 7.21. The zero-order chi connectivity index (χ0) is 22.9. The van der Waals surface area contributed by atoms with Crippen LogP contribution in [0.1, 0.15) is 37.5 Å². The molecule has 2 aromatic heterocycles. The van der Waals surface area contributed by atoms with Crippen LogP contribution in [0.5, 0.6) is 0 Å². The summed E-state index contributed by atoms with van der Waals surface area (Å²) in [6.07, 6.45) is 1.71. The second-order valence-electron chi connectivity index (χ2n) is 8.56. The minimum Gasteiger partial charge on any atom is -0.328 e. The Bertz CT molecular complexity index is 1610. The number of hydrogen-bond acceptors (Lipinski definition) is 4. The molecule has 5 aromatic rings. The van der Waals surface area contributed by atoms with E-state index in [4.69, 9.17) is 4.98 Å². The summed E-state index contributed by atoms with van der Waals surface area (Å²) in [6, 6.07) is 19.7. The normalized spacial score (nSPS) is 13.4. The molecule has 0 N–H and O–H groups in total. The predicted molar refractivity (Wildman–Crippen MR) is 134 cm³/mol. The van der Waals surface area contributed by atoms with Gasteiger partial charge >= 0.3 is 0 Å². The minimum atomic E-state index is -0.213. The minimum absolute atomic E-state index is 0.212. The van der Waals surface area contributed by atoms with Crippen LogP contribution >= 0.6 is 11.3 Å². The summed E-state index contributed by atoms with van der Waals surface area (Å²) in [5, 5.41) is 2.90. The van der Waals surface area contributed by atoms with Gasteiger partial charge in [-0.2, -0.15) is 0 Å². The average molecular weight is 449 g/mol. The van der Waals surface area contributed by atoms with Gasteiger partial charge in [-0.15, -0.1) is 11.3 Å². The average Bonchev–Trinajstić information content (AvgIpc) is 3.40. The van der Waals surface area contributed by atoms with E-state index in [-0.39, 0.29) is 17.1 Å². The van der Waals surface area contributed by atoms with E-state index in [1.54, 1.807) is 17.4 Å². The fourth-order valence-corrected chi connectivity index (χ4v) is 5.92. The number of rotatable bonds is 2. The quantitative estimate of drug-likeness (QED) is 0.228. The zero-order valence-corrected chi connectivity index (χ0v) is 19.3. The van der Waals surface area contributed by atoms with Crippen LogP contribution in [0.2, 0.25) is 0 Å². The van der Waals surface area contributed by atoms with Crippen molar-refractivity contribution in [2.45, 2.75) is 13.8 Å². The van der Waals surface area contributed by atoms with Crippen LogP contribution in [-0.4, -0.2) is 21.1 Å². The Morgan fingerprint density at radius 2 is 1.45 bits per heavy atom. The first kappa shape index (κ1) is 19.8. The summed E-state index contributed by atoms with van der Waals surface area (Å²) in [4.78, 5) is 31.1. The van der Waals surface area contributed by atoms with Gasteiger partial charge in [0.15, 0.2) is 17.2 Å². The van der Waals surface area contributed by atoms with Crippen molar-refractivity contribution < 1.29 is 9.59 Å². The molecule has 0 fully saturated rings. The Morgan fingerprint density at radius 3 is 2.03 bits per heavy atom. The van der Waals surface area contributed by atoms with Crippen molar-refractivity contribution in [2.24, 2.45) is 7.05 Å². The molecule has 0 radical (unpaired) electrons. The Kier molecular flexibility index (Phi) is 4.26. The smallest absolute Gasteiger partial charge is 0.197 e. The van der Waals surface area contributed by atoms with E-state index in [1.165, 1.54) is 16.7 Å². The van der Waals surface area contributed by atoms with Gasteiger partial charge in [0.2, 0.25) is 0 Å². The Balaban J connectivity index is 1.43. The molecule has 33 heavy (non-hydrogen) atoms. The highest BCUT2D eigenvalue weighted by Gasteiger charge is 2.33. The third-order valence-electron chi connectivity index (χ3n) is 6.47. The molecule has 2 heterocycles. The van der Waals surface area contributed by atoms with Gasteiger partial charge in [-0.3, -0.25) is 9.59 Å². The van der Waals surface area contributed by atoms with E-state index in [0.29, 0.717) is 11.1 Å². The number of hydrogen-bond donors (Lipinski definition) is 0. The molecule has 0 bridgehead atoms. The van der Waals surface area contributed by atoms with Crippen molar-refractivity contribution in [1.29, 1.82) is 0 Å². The van der Waals surface area contributed by atoms with E-state index >= 15 is 0 Å². The number of nitrogens with zero attached hydrogens (tertiary/aromatic N) is 2. The van der Waals surface area contributed by atoms with Crippen molar-refractivity contribution >= 4 is 50.1 Å². The standard InChI is InChI=1S/C28H20N2O2S/c1-15-7-6-8-16(2)24(15)28-29-27-23(33-28)14-19(30(27)3)13-22-25(31)20-11-17-9-4-5-10-18(17)12-21(20)26(22)32/h4-14H,1-3H3. The topological polar surface area (TPSA) is 52.0 Å². The van der Waals surface area contributed by atoms with Gasteiger partial charge in [-0.05, 0) is 60.0 Å². The summed E-state index contributed by atoms with van der Waals surface area (Å²) >= 11 is 1.63. The Morgan fingerprint density at radius 1 is 0.848 bits per heavy atom. The van der Waals surface area contributed by atoms with Crippen LogP contribution in [-0.2, 0) is 7.05 Å². The highest BCUT2D eigenvalue weighted by Crippen LogP contribution is 2.37. The number of allylic oxidation sites excluding steroid dienone is 1. The van der Waals surface area contributed by atoms with Crippen molar-refractivity contribution in [2.75, 3.05) is 0 Å². The third kappa shape index (κ3) is 2.93. The third-order valence-corrected chi connectivity index (χ3v) is 7.48. The van der Waals surface area contributed by atoms with Gasteiger partial charge in [0.05, 0.1) is 10.3 Å². The summed E-state index contributed by atoms with van der Waals surface area (Å²) in [5.41, 5.74) is 6.39. The van der Waals surface area contributed by atoms with E-state index < -0.39 is 0 Å². The molecule has 5 heteroatoms. The predicted octanol–water partition coefficient (Wildman–Crippen LogP) is 6.53. The maximum atomic E-state index is 13.1. The lowest BCUT2D eigenvalue weighted by Gasteiger charge is -2.06. The van der Waals surface area contributed by atoms with Gasteiger partial charge in [0, 0.05) is 29.4 Å². The zero-order valence-electron chi connectivity index (χ0n) is 18.5.